The molecule has 3 rings (SSSR count). The third kappa shape index (κ3) is 4.44. The quantitative estimate of drug-likeness (QED) is 0.486. The van der Waals surface area contributed by atoms with Crippen molar-refractivity contribution >= 4 is 5.76 Å². The first-order valence-corrected chi connectivity index (χ1v) is 9.43. The van der Waals surface area contributed by atoms with E-state index in [4.69, 9.17) is 4.74 Å². The number of nitrogens with zero attached hydrogens (tertiary/aromatic N) is 1. The van der Waals surface area contributed by atoms with E-state index in [1.54, 1.807) is 0 Å². The predicted octanol–water partition coefficient (Wildman–Crippen LogP) is 5.76. The maximum atomic E-state index is 6.46. The summed E-state index contributed by atoms with van der Waals surface area (Å²) in [4.78, 5) is 2.51. The second-order valence-electron chi connectivity index (χ2n) is 7.28. The number of hydrogen-bond donors (Lipinski definition) is 0. The van der Waals surface area contributed by atoms with Gasteiger partial charge in [-0.3, -0.25) is 4.90 Å². The Morgan fingerprint density at radius 2 is 1.85 bits per heavy atom. The molecule has 1 aliphatic rings. The Bertz CT molecular complexity index is 778. The Kier molecular flexibility index (Phi) is 5.95. The standard InChI is InChI=1S/C24H29NO/c1-18(2)16-24(23-13-9-8-10-19(23)3)26-22-14-15-25(17-22)20(4)21-11-6-5-7-12-21/h5-13,16,20,22H,1,14-15,17H2,2-4H3/b24-16+. The largest absolute Gasteiger partial charge is 0.488 e. The van der Waals surface area contributed by atoms with Crippen LogP contribution >= 0.6 is 0 Å². The molecule has 1 saturated heterocycles. The molecule has 0 N–H and O–H groups in total. The minimum absolute atomic E-state index is 0.214. The normalized spacial score (nSPS) is 19.3. The lowest BCUT2D eigenvalue weighted by atomic mass is 10.1. The number of aryl methyl sites for hydroxylation is 1. The highest BCUT2D eigenvalue weighted by atomic mass is 16.5. The molecule has 2 aromatic carbocycles. The highest BCUT2D eigenvalue weighted by Crippen LogP contribution is 2.29. The van der Waals surface area contributed by atoms with Gasteiger partial charge >= 0.3 is 0 Å². The molecule has 0 aliphatic carbocycles. The summed E-state index contributed by atoms with van der Waals surface area (Å²) in [6, 6.07) is 19.5. The van der Waals surface area contributed by atoms with Crippen LogP contribution in [0.5, 0.6) is 0 Å². The average Bonchev–Trinajstić information content (AvgIpc) is 3.10. The summed E-state index contributed by atoms with van der Waals surface area (Å²) in [5, 5.41) is 0. The lowest BCUT2D eigenvalue weighted by Gasteiger charge is -2.25. The summed E-state index contributed by atoms with van der Waals surface area (Å²) >= 11 is 0. The van der Waals surface area contributed by atoms with Gasteiger partial charge in [0.15, 0.2) is 0 Å². The third-order valence-electron chi connectivity index (χ3n) is 5.09. The van der Waals surface area contributed by atoms with Crippen molar-refractivity contribution in [2.75, 3.05) is 13.1 Å². The van der Waals surface area contributed by atoms with Crippen LogP contribution in [0.1, 0.15) is 43.0 Å². The van der Waals surface area contributed by atoms with Gasteiger partial charge in [0.2, 0.25) is 0 Å². The van der Waals surface area contributed by atoms with Gasteiger partial charge in [-0.15, -0.1) is 0 Å². The molecule has 0 amide bonds. The van der Waals surface area contributed by atoms with Gasteiger partial charge in [-0.1, -0.05) is 66.7 Å². The van der Waals surface area contributed by atoms with Crippen molar-refractivity contribution in [2.24, 2.45) is 0 Å². The number of likely N-dealkylation sites (tertiary alicyclic amines) is 1. The van der Waals surface area contributed by atoms with E-state index in [1.807, 2.05) is 6.92 Å². The Balaban J connectivity index is 1.71. The molecule has 2 unspecified atom stereocenters. The van der Waals surface area contributed by atoms with Crippen LogP contribution < -0.4 is 0 Å². The molecule has 0 spiro atoms. The number of hydrogen-bond acceptors (Lipinski definition) is 2. The maximum Gasteiger partial charge on any atom is 0.127 e. The minimum Gasteiger partial charge on any atom is -0.488 e. The Morgan fingerprint density at radius 3 is 2.54 bits per heavy atom. The van der Waals surface area contributed by atoms with Crippen LogP contribution in [0.25, 0.3) is 5.76 Å². The maximum absolute atomic E-state index is 6.46. The smallest absolute Gasteiger partial charge is 0.127 e. The van der Waals surface area contributed by atoms with E-state index in [1.165, 1.54) is 11.1 Å². The minimum atomic E-state index is 0.214. The fourth-order valence-electron chi connectivity index (χ4n) is 3.57. The fourth-order valence-corrected chi connectivity index (χ4v) is 3.57. The van der Waals surface area contributed by atoms with E-state index in [-0.39, 0.29) is 6.10 Å². The molecule has 2 aromatic rings. The average molecular weight is 348 g/mol. The number of allylic oxidation sites excluding steroid dienone is 2. The van der Waals surface area contributed by atoms with Gasteiger partial charge < -0.3 is 4.74 Å². The van der Waals surface area contributed by atoms with E-state index >= 15 is 0 Å². The van der Waals surface area contributed by atoms with Crippen molar-refractivity contribution in [3.05, 3.63) is 89.5 Å². The first kappa shape index (κ1) is 18.5. The van der Waals surface area contributed by atoms with Crippen LogP contribution in [0, 0.1) is 6.92 Å². The van der Waals surface area contributed by atoms with Gasteiger partial charge in [-0.05, 0) is 44.4 Å². The van der Waals surface area contributed by atoms with Crippen LogP contribution in [0.3, 0.4) is 0 Å². The van der Waals surface area contributed by atoms with Crippen molar-refractivity contribution in [1.82, 2.24) is 4.90 Å². The second kappa shape index (κ2) is 8.37. The van der Waals surface area contributed by atoms with Gasteiger partial charge in [-0.25, -0.2) is 0 Å². The Hall–Kier alpha value is -2.32. The number of benzene rings is 2. The second-order valence-corrected chi connectivity index (χ2v) is 7.28. The van der Waals surface area contributed by atoms with E-state index in [0.29, 0.717) is 6.04 Å². The molecule has 0 radical (unpaired) electrons. The molecule has 2 heteroatoms. The van der Waals surface area contributed by atoms with Gasteiger partial charge in [0.05, 0.1) is 0 Å². The van der Waals surface area contributed by atoms with E-state index in [0.717, 1.165) is 36.4 Å². The van der Waals surface area contributed by atoms with Crippen LogP contribution in [-0.4, -0.2) is 24.1 Å². The van der Waals surface area contributed by atoms with Crippen molar-refractivity contribution in [3.63, 3.8) is 0 Å². The molecule has 1 heterocycles. The summed E-state index contributed by atoms with van der Waals surface area (Å²) in [6.07, 6.45) is 3.33. The number of rotatable bonds is 6. The van der Waals surface area contributed by atoms with E-state index in [2.05, 4.69) is 86.0 Å². The van der Waals surface area contributed by atoms with Gasteiger partial charge in [0.1, 0.15) is 11.9 Å². The van der Waals surface area contributed by atoms with Crippen LogP contribution in [0.2, 0.25) is 0 Å². The topological polar surface area (TPSA) is 12.5 Å². The molecule has 2 nitrogen and oxygen atoms in total. The summed E-state index contributed by atoms with van der Waals surface area (Å²) in [6.45, 7) is 12.5. The highest BCUT2D eigenvalue weighted by molar-refractivity contribution is 5.65. The van der Waals surface area contributed by atoms with Gasteiger partial charge in [0.25, 0.3) is 0 Å². The number of ether oxygens (including phenoxy) is 1. The molecule has 136 valence electrons. The molecule has 2 atom stereocenters. The first-order chi connectivity index (χ1) is 12.5. The molecular formula is C24H29NO. The lowest BCUT2D eigenvalue weighted by Crippen LogP contribution is -2.26. The molecular weight excluding hydrogens is 318 g/mol. The summed E-state index contributed by atoms with van der Waals surface area (Å²) in [7, 11) is 0. The SMILES string of the molecule is C=C(C)/C=C(/OC1CCN(C(C)c2ccccc2)C1)c1ccccc1C. The molecule has 1 aliphatic heterocycles. The van der Waals surface area contributed by atoms with E-state index in [9.17, 15) is 0 Å². The third-order valence-corrected chi connectivity index (χ3v) is 5.09. The summed E-state index contributed by atoms with van der Waals surface area (Å²) in [5.41, 5.74) is 4.76. The molecule has 1 fully saturated rings. The van der Waals surface area contributed by atoms with E-state index < -0.39 is 0 Å². The molecule has 0 saturated carbocycles. The summed E-state index contributed by atoms with van der Waals surface area (Å²) in [5.74, 6) is 0.940. The van der Waals surface area contributed by atoms with Gasteiger partial charge in [0, 0.05) is 24.7 Å². The lowest BCUT2D eigenvalue weighted by molar-refractivity contribution is 0.157. The Labute approximate surface area is 157 Å². The van der Waals surface area contributed by atoms with Crippen LogP contribution in [0.15, 0.2) is 72.8 Å². The van der Waals surface area contributed by atoms with Crippen molar-refractivity contribution in [1.29, 1.82) is 0 Å². The zero-order valence-corrected chi connectivity index (χ0v) is 16.1. The van der Waals surface area contributed by atoms with Crippen LogP contribution in [-0.2, 0) is 4.74 Å². The zero-order valence-electron chi connectivity index (χ0n) is 16.1. The first-order valence-electron chi connectivity index (χ1n) is 9.43. The summed E-state index contributed by atoms with van der Waals surface area (Å²) < 4.78 is 6.46. The highest BCUT2D eigenvalue weighted by Gasteiger charge is 2.28. The predicted molar refractivity (Wildman–Crippen MR) is 110 cm³/mol. The van der Waals surface area contributed by atoms with Gasteiger partial charge in [-0.2, -0.15) is 0 Å². The monoisotopic (exact) mass is 347 g/mol. The zero-order chi connectivity index (χ0) is 18.5. The van der Waals surface area contributed by atoms with Crippen LogP contribution in [0.4, 0.5) is 0 Å². The van der Waals surface area contributed by atoms with Crippen molar-refractivity contribution in [2.45, 2.75) is 39.3 Å². The molecule has 0 aromatic heterocycles. The molecule has 26 heavy (non-hydrogen) atoms. The van der Waals surface area contributed by atoms with Crippen molar-refractivity contribution < 1.29 is 4.74 Å². The Morgan fingerprint density at radius 1 is 1.15 bits per heavy atom. The molecule has 0 bridgehead atoms. The fraction of sp³-hybridized carbons (Fsp3) is 0.333. The van der Waals surface area contributed by atoms with Crippen molar-refractivity contribution in [3.8, 4) is 0 Å².